The lowest BCUT2D eigenvalue weighted by atomic mass is 10.2. The summed E-state index contributed by atoms with van der Waals surface area (Å²) < 4.78 is 26.5. The summed E-state index contributed by atoms with van der Waals surface area (Å²) in [5.41, 5.74) is 6.55. The second-order valence-electron chi connectivity index (χ2n) is 4.27. The van der Waals surface area contributed by atoms with Crippen LogP contribution in [0.4, 0.5) is 0 Å². The van der Waals surface area contributed by atoms with E-state index in [1.807, 2.05) is 13.0 Å². The zero-order chi connectivity index (χ0) is 14.6. The van der Waals surface area contributed by atoms with Crippen molar-refractivity contribution in [1.29, 1.82) is 0 Å². The summed E-state index contributed by atoms with van der Waals surface area (Å²) in [5, 5.41) is 0. The van der Waals surface area contributed by atoms with Crippen molar-refractivity contribution in [2.24, 2.45) is 5.73 Å². The van der Waals surface area contributed by atoms with Gasteiger partial charge in [0.15, 0.2) is 0 Å². The van der Waals surface area contributed by atoms with Crippen LogP contribution in [0.3, 0.4) is 0 Å². The Labute approximate surface area is 120 Å². The SMILES string of the molecule is COCCOCCOCCOCc1cc(CN)oc1C. The second kappa shape index (κ2) is 10.8. The Kier molecular flexibility index (Phi) is 9.27. The fourth-order valence-electron chi connectivity index (χ4n) is 1.60. The summed E-state index contributed by atoms with van der Waals surface area (Å²) in [4.78, 5) is 0. The van der Waals surface area contributed by atoms with Crippen LogP contribution in [0.1, 0.15) is 17.1 Å². The highest BCUT2D eigenvalue weighted by Gasteiger charge is 2.05. The monoisotopic (exact) mass is 287 g/mol. The lowest BCUT2D eigenvalue weighted by molar-refractivity contribution is 0.000744. The Bertz CT molecular complexity index is 353. The number of methoxy groups -OCH3 is 1. The molecule has 1 heterocycles. The van der Waals surface area contributed by atoms with Gasteiger partial charge in [-0.3, -0.25) is 0 Å². The molecule has 0 saturated carbocycles. The summed E-state index contributed by atoms with van der Waals surface area (Å²) >= 11 is 0. The number of hydrogen-bond donors (Lipinski definition) is 1. The van der Waals surface area contributed by atoms with Gasteiger partial charge < -0.3 is 29.1 Å². The maximum absolute atomic E-state index is 5.52. The molecular weight excluding hydrogens is 262 g/mol. The molecule has 2 N–H and O–H groups in total. The van der Waals surface area contributed by atoms with Gasteiger partial charge in [-0.25, -0.2) is 0 Å². The van der Waals surface area contributed by atoms with Gasteiger partial charge >= 0.3 is 0 Å². The van der Waals surface area contributed by atoms with E-state index in [2.05, 4.69) is 0 Å². The number of ether oxygens (including phenoxy) is 4. The van der Waals surface area contributed by atoms with Crippen LogP contribution in [-0.4, -0.2) is 46.8 Å². The van der Waals surface area contributed by atoms with Crippen LogP contribution in [0.2, 0.25) is 0 Å². The summed E-state index contributed by atoms with van der Waals surface area (Å²) in [7, 11) is 1.65. The molecule has 1 rings (SSSR count). The highest BCUT2D eigenvalue weighted by molar-refractivity contribution is 5.19. The van der Waals surface area contributed by atoms with Gasteiger partial charge in [0.2, 0.25) is 0 Å². The van der Waals surface area contributed by atoms with E-state index in [0.717, 1.165) is 17.1 Å². The molecule has 6 nitrogen and oxygen atoms in total. The molecule has 0 aliphatic heterocycles. The molecule has 1 aromatic heterocycles. The molecule has 0 saturated heterocycles. The van der Waals surface area contributed by atoms with Crippen molar-refractivity contribution >= 4 is 0 Å². The predicted octanol–water partition coefficient (Wildman–Crippen LogP) is 1.24. The minimum atomic E-state index is 0.410. The van der Waals surface area contributed by atoms with Gasteiger partial charge in [0.25, 0.3) is 0 Å². The molecule has 0 aliphatic carbocycles. The first-order valence-electron chi connectivity index (χ1n) is 6.78. The van der Waals surface area contributed by atoms with Gasteiger partial charge in [-0.05, 0) is 13.0 Å². The van der Waals surface area contributed by atoms with Crippen molar-refractivity contribution < 1.29 is 23.4 Å². The normalized spacial score (nSPS) is 11.2. The number of aryl methyl sites for hydroxylation is 1. The molecule has 0 atom stereocenters. The average Bonchev–Trinajstić information content (AvgIpc) is 2.81. The summed E-state index contributed by atoms with van der Waals surface area (Å²) in [6, 6.07) is 1.93. The number of rotatable bonds is 12. The summed E-state index contributed by atoms with van der Waals surface area (Å²) in [5.74, 6) is 1.64. The van der Waals surface area contributed by atoms with E-state index in [-0.39, 0.29) is 0 Å². The van der Waals surface area contributed by atoms with E-state index >= 15 is 0 Å². The van der Waals surface area contributed by atoms with Crippen molar-refractivity contribution in [1.82, 2.24) is 0 Å². The van der Waals surface area contributed by atoms with Gasteiger partial charge in [0.05, 0.1) is 52.8 Å². The van der Waals surface area contributed by atoms with E-state index in [0.29, 0.717) is 52.8 Å². The molecule has 0 aliphatic rings. The summed E-state index contributed by atoms with van der Waals surface area (Å²) in [6.07, 6.45) is 0. The fraction of sp³-hybridized carbons (Fsp3) is 0.714. The first kappa shape index (κ1) is 17.1. The highest BCUT2D eigenvalue weighted by atomic mass is 16.6. The van der Waals surface area contributed by atoms with Crippen molar-refractivity contribution in [3.63, 3.8) is 0 Å². The zero-order valence-corrected chi connectivity index (χ0v) is 12.4. The van der Waals surface area contributed by atoms with E-state index < -0.39 is 0 Å². The molecule has 0 radical (unpaired) electrons. The number of hydrogen-bond acceptors (Lipinski definition) is 6. The van der Waals surface area contributed by atoms with Crippen LogP contribution in [0, 0.1) is 6.92 Å². The van der Waals surface area contributed by atoms with E-state index in [1.165, 1.54) is 0 Å². The van der Waals surface area contributed by atoms with Crippen LogP contribution in [0.25, 0.3) is 0 Å². The number of furan rings is 1. The van der Waals surface area contributed by atoms with Crippen LogP contribution >= 0.6 is 0 Å². The standard InChI is InChI=1S/C14H25NO5/c1-12-13(9-14(10-15)20-12)11-19-8-7-18-6-5-17-4-3-16-2/h9H,3-8,10-11,15H2,1-2H3. The van der Waals surface area contributed by atoms with E-state index in [4.69, 9.17) is 29.1 Å². The Hall–Kier alpha value is -0.920. The molecule has 6 heteroatoms. The molecule has 20 heavy (non-hydrogen) atoms. The topological polar surface area (TPSA) is 76.1 Å². The van der Waals surface area contributed by atoms with Crippen molar-refractivity contribution in [2.75, 3.05) is 46.8 Å². The number of nitrogens with two attached hydrogens (primary N) is 1. The maximum Gasteiger partial charge on any atom is 0.118 e. The first-order chi connectivity index (χ1) is 9.77. The highest BCUT2D eigenvalue weighted by Crippen LogP contribution is 2.14. The Morgan fingerprint density at radius 1 is 1.00 bits per heavy atom. The van der Waals surface area contributed by atoms with Crippen molar-refractivity contribution in [3.8, 4) is 0 Å². The smallest absolute Gasteiger partial charge is 0.118 e. The van der Waals surface area contributed by atoms with Gasteiger partial charge in [-0.2, -0.15) is 0 Å². The quantitative estimate of drug-likeness (QED) is 0.583. The van der Waals surface area contributed by atoms with Crippen LogP contribution in [0.15, 0.2) is 10.5 Å². The predicted molar refractivity (Wildman–Crippen MR) is 74.5 cm³/mol. The average molecular weight is 287 g/mol. The lowest BCUT2D eigenvalue weighted by Crippen LogP contribution is -2.11. The molecule has 0 unspecified atom stereocenters. The molecule has 116 valence electrons. The van der Waals surface area contributed by atoms with Gasteiger partial charge in [0.1, 0.15) is 11.5 Å². The molecule has 0 amide bonds. The molecule has 0 aromatic carbocycles. The molecule has 0 spiro atoms. The largest absolute Gasteiger partial charge is 0.465 e. The van der Waals surface area contributed by atoms with Crippen LogP contribution in [0.5, 0.6) is 0 Å². The van der Waals surface area contributed by atoms with E-state index in [9.17, 15) is 0 Å². The third-order valence-electron chi connectivity index (χ3n) is 2.71. The van der Waals surface area contributed by atoms with Crippen LogP contribution in [-0.2, 0) is 32.1 Å². The maximum atomic E-state index is 5.52. The second-order valence-corrected chi connectivity index (χ2v) is 4.27. The van der Waals surface area contributed by atoms with Crippen LogP contribution < -0.4 is 5.73 Å². The lowest BCUT2D eigenvalue weighted by Gasteiger charge is -2.06. The first-order valence-corrected chi connectivity index (χ1v) is 6.78. The van der Waals surface area contributed by atoms with Gasteiger partial charge in [-0.15, -0.1) is 0 Å². The van der Waals surface area contributed by atoms with Gasteiger partial charge in [-0.1, -0.05) is 0 Å². The fourth-order valence-corrected chi connectivity index (χ4v) is 1.60. The minimum Gasteiger partial charge on any atom is -0.465 e. The minimum absolute atomic E-state index is 0.410. The Morgan fingerprint density at radius 2 is 1.60 bits per heavy atom. The molecular formula is C14H25NO5. The van der Waals surface area contributed by atoms with E-state index in [1.54, 1.807) is 7.11 Å². The zero-order valence-electron chi connectivity index (χ0n) is 12.4. The van der Waals surface area contributed by atoms with Crippen molar-refractivity contribution in [3.05, 3.63) is 23.2 Å². The molecule has 0 bridgehead atoms. The van der Waals surface area contributed by atoms with Crippen molar-refractivity contribution in [2.45, 2.75) is 20.1 Å². The third kappa shape index (κ3) is 7.02. The third-order valence-corrected chi connectivity index (χ3v) is 2.71. The Morgan fingerprint density at radius 3 is 2.15 bits per heavy atom. The van der Waals surface area contributed by atoms with Gasteiger partial charge in [0, 0.05) is 12.7 Å². The summed E-state index contributed by atoms with van der Waals surface area (Å²) in [6.45, 7) is 6.27. The molecule has 0 fully saturated rings. The molecule has 1 aromatic rings. The Balaban J connectivity index is 1.95.